The molecule has 152 valence electrons. The van der Waals surface area contributed by atoms with E-state index in [2.05, 4.69) is 29.4 Å². The van der Waals surface area contributed by atoms with Crippen molar-refractivity contribution in [1.29, 1.82) is 0 Å². The van der Waals surface area contributed by atoms with Crippen molar-refractivity contribution < 1.29 is 14.3 Å². The van der Waals surface area contributed by atoms with Gasteiger partial charge in [-0.05, 0) is 37.0 Å². The van der Waals surface area contributed by atoms with E-state index in [9.17, 15) is 9.59 Å². The van der Waals surface area contributed by atoms with Gasteiger partial charge in [-0.15, -0.1) is 0 Å². The van der Waals surface area contributed by atoms with E-state index >= 15 is 0 Å². The minimum Gasteiger partial charge on any atom is -0.453 e. The number of carbonyl (C=O) groups is 2. The fourth-order valence-electron chi connectivity index (χ4n) is 3.48. The normalized spacial score (nSPS) is 13.0. The van der Waals surface area contributed by atoms with E-state index < -0.39 is 6.10 Å². The Kier molecular flexibility index (Phi) is 7.06. The number of carbonyl (C=O) groups excluding carboxylic acids is 2. The third-order valence-electron chi connectivity index (χ3n) is 5.24. The Hall–Kier alpha value is -3.08. The van der Waals surface area contributed by atoms with Crippen LogP contribution in [0.15, 0.2) is 60.8 Å². The lowest BCUT2D eigenvalue weighted by Gasteiger charge is -2.18. The van der Waals surface area contributed by atoms with Crippen molar-refractivity contribution in [3.05, 3.63) is 71.9 Å². The molecule has 3 aromatic rings. The number of esters is 1. The van der Waals surface area contributed by atoms with E-state index in [1.165, 1.54) is 5.56 Å². The van der Waals surface area contributed by atoms with Crippen LogP contribution in [0, 0.1) is 0 Å². The molecule has 1 aromatic heterocycles. The summed E-state index contributed by atoms with van der Waals surface area (Å²) in [6, 6.07) is 18.1. The first-order valence-corrected chi connectivity index (χ1v) is 10.2. The van der Waals surface area contributed by atoms with Crippen molar-refractivity contribution >= 4 is 22.8 Å². The number of amides is 1. The number of aryl methyl sites for hydroxylation is 1. The Labute approximate surface area is 171 Å². The lowest BCUT2D eigenvalue weighted by atomic mass is 9.96. The molecular formula is C24H28N2O3. The number of hydrogen-bond acceptors (Lipinski definition) is 3. The highest BCUT2D eigenvalue weighted by atomic mass is 16.5. The lowest BCUT2D eigenvalue weighted by molar-refractivity contribution is -0.154. The molecule has 0 fully saturated rings. The van der Waals surface area contributed by atoms with Crippen molar-refractivity contribution in [2.75, 3.05) is 6.54 Å². The van der Waals surface area contributed by atoms with Gasteiger partial charge in [0.2, 0.25) is 0 Å². The number of fused-ring (bicyclic) bond motifs is 1. The zero-order valence-electron chi connectivity index (χ0n) is 17.0. The Morgan fingerprint density at radius 3 is 2.55 bits per heavy atom. The molecule has 5 heteroatoms. The van der Waals surface area contributed by atoms with E-state index in [0.29, 0.717) is 13.0 Å². The monoisotopic (exact) mass is 392 g/mol. The number of para-hydroxylation sites is 1. The predicted molar refractivity (Wildman–Crippen MR) is 115 cm³/mol. The van der Waals surface area contributed by atoms with Gasteiger partial charge in [0.25, 0.3) is 5.91 Å². The van der Waals surface area contributed by atoms with Gasteiger partial charge < -0.3 is 15.0 Å². The smallest absolute Gasteiger partial charge is 0.306 e. The third-order valence-corrected chi connectivity index (χ3v) is 5.24. The molecule has 5 nitrogen and oxygen atoms in total. The first-order valence-electron chi connectivity index (χ1n) is 10.2. The molecule has 0 radical (unpaired) electrons. The molecule has 3 rings (SSSR count). The van der Waals surface area contributed by atoms with Gasteiger partial charge in [-0.1, -0.05) is 55.5 Å². The molecule has 2 aromatic carbocycles. The van der Waals surface area contributed by atoms with Gasteiger partial charge in [0.15, 0.2) is 6.10 Å². The summed E-state index contributed by atoms with van der Waals surface area (Å²) in [5, 5.41) is 4.02. The third kappa shape index (κ3) is 5.47. The second-order valence-corrected chi connectivity index (χ2v) is 7.25. The van der Waals surface area contributed by atoms with Crippen LogP contribution in [0.2, 0.25) is 0 Å². The molecule has 0 bridgehead atoms. The standard InChI is InChI=1S/C24H28N2O3/c1-3-18(19-9-5-4-6-10-19)15-26-24(28)17(2)29-23(27)14-13-20-16-25-22-12-8-7-11-21(20)22/h4-12,16-18,25H,3,13-15H2,1-2H3,(H,26,28)/t17-,18+/m0/s1. The summed E-state index contributed by atoms with van der Waals surface area (Å²) in [5.41, 5.74) is 3.31. The fourth-order valence-corrected chi connectivity index (χ4v) is 3.48. The molecule has 29 heavy (non-hydrogen) atoms. The van der Waals surface area contributed by atoms with Gasteiger partial charge in [0, 0.05) is 36.0 Å². The zero-order valence-corrected chi connectivity index (χ0v) is 17.0. The molecule has 0 saturated carbocycles. The molecule has 1 heterocycles. The van der Waals surface area contributed by atoms with Gasteiger partial charge in [-0.3, -0.25) is 9.59 Å². The number of aromatic amines is 1. The Balaban J connectivity index is 1.45. The van der Waals surface area contributed by atoms with Crippen molar-refractivity contribution in [3.8, 4) is 0 Å². The quantitative estimate of drug-likeness (QED) is 0.532. The summed E-state index contributed by atoms with van der Waals surface area (Å²) < 4.78 is 5.33. The highest BCUT2D eigenvalue weighted by molar-refractivity contribution is 5.85. The number of ether oxygens (including phenoxy) is 1. The summed E-state index contributed by atoms with van der Waals surface area (Å²) in [4.78, 5) is 27.7. The predicted octanol–water partition coefficient (Wildman–Crippen LogP) is 4.34. The van der Waals surface area contributed by atoms with E-state index in [4.69, 9.17) is 4.74 Å². The topological polar surface area (TPSA) is 71.2 Å². The maximum atomic E-state index is 12.3. The minimum absolute atomic E-state index is 0.237. The average molecular weight is 392 g/mol. The Morgan fingerprint density at radius 2 is 1.79 bits per heavy atom. The largest absolute Gasteiger partial charge is 0.453 e. The van der Waals surface area contributed by atoms with Crippen LogP contribution in [0.4, 0.5) is 0 Å². The van der Waals surface area contributed by atoms with Gasteiger partial charge in [-0.2, -0.15) is 0 Å². The molecule has 0 unspecified atom stereocenters. The van der Waals surface area contributed by atoms with Crippen LogP contribution < -0.4 is 5.32 Å². The van der Waals surface area contributed by atoms with Crippen LogP contribution in [0.25, 0.3) is 10.9 Å². The molecule has 0 aliphatic heterocycles. The Bertz CT molecular complexity index is 949. The maximum Gasteiger partial charge on any atom is 0.306 e. The SMILES string of the molecule is CC[C@H](CNC(=O)[C@H](C)OC(=O)CCc1c[nH]c2ccccc12)c1ccccc1. The van der Waals surface area contributed by atoms with Gasteiger partial charge in [-0.25, -0.2) is 0 Å². The highest BCUT2D eigenvalue weighted by Gasteiger charge is 2.19. The summed E-state index contributed by atoms with van der Waals surface area (Å²) in [6.07, 6.45) is 2.84. The highest BCUT2D eigenvalue weighted by Crippen LogP contribution is 2.20. The van der Waals surface area contributed by atoms with E-state index in [1.807, 2.05) is 48.7 Å². The second-order valence-electron chi connectivity index (χ2n) is 7.25. The lowest BCUT2D eigenvalue weighted by Crippen LogP contribution is -2.38. The molecule has 0 aliphatic carbocycles. The van der Waals surface area contributed by atoms with Crippen LogP contribution in [0.3, 0.4) is 0 Å². The first-order chi connectivity index (χ1) is 14.1. The average Bonchev–Trinajstić information content (AvgIpc) is 3.16. The number of aromatic nitrogens is 1. The molecule has 0 saturated heterocycles. The van der Waals surface area contributed by atoms with Gasteiger partial charge in [0.05, 0.1) is 0 Å². The summed E-state index contributed by atoms with van der Waals surface area (Å²) >= 11 is 0. The summed E-state index contributed by atoms with van der Waals surface area (Å²) in [7, 11) is 0. The summed E-state index contributed by atoms with van der Waals surface area (Å²) in [5.74, 6) is -0.391. The Morgan fingerprint density at radius 1 is 1.07 bits per heavy atom. The molecule has 2 N–H and O–H groups in total. The van der Waals surface area contributed by atoms with Gasteiger partial charge in [0.1, 0.15) is 0 Å². The number of rotatable bonds is 9. The first kappa shape index (κ1) is 20.6. The van der Waals surface area contributed by atoms with Crippen LogP contribution in [0.1, 0.15) is 43.7 Å². The molecule has 0 spiro atoms. The maximum absolute atomic E-state index is 12.3. The molecular weight excluding hydrogens is 364 g/mol. The van der Waals surface area contributed by atoms with Crippen molar-refractivity contribution in [2.45, 2.75) is 45.1 Å². The number of nitrogens with one attached hydrogen (secondary N) is 2. The second kappa shape index (κ2) is 9.92. The fraction of sp³-hybridized carbons (Fsp3) is 0.333. The van der Waals surface area contributed by atoms with Crippen molar-refractivity contribution in [3.63, 3.8) is 0 Å². The van der Waals surface area contributed by atoms with Crippen LogP contribution in [0.5, 0.6) is 0 Å². The van der Waals surface area contributed by atoms with Crippen LogP contribution in [-0.4, -0.2) is 29.5 Å². The van der Waals surface area contributed by atoms with Crippen LogP contribution in [-0.2, 0) is 20.7 Å². The summed E-state index contributed by atoms with van der Waals surface area (Å²) in [6.45, 7) is 4.23. The zero-order chi connectivity index (χ0) is 20.6. The van der Waals surface area contributed by atoms with E-state index in [1.54, 1.807) is 6.92 Å². The van der Waals surface area contributed by atoms with Gasteiger partial charge >= 0.3 is 5.97 Å². The number of H-pyrrole nitrogens is 1. The molecule has 2 atom stereocenters. The van der Waals surface area contributed by atoms with Crippen molar-refractivity contribution in [2.24, 2.45) is 0 Å². The van der Waals surface area contributed by atoms with Crippen LogP contribution >= 0.6 is 0 Å². The molecule has 1 amide bonds. The minimum atomic E-state index is -0.807. The van der Waals surface area contributed by atoms with E-state index in [0.717, 1.165) is 22.9 Å². The van der Waals surface area contributed by atoms with Crippen molar-refractivity contribution in [1.82, 2.24) is 10.3 Å². The molecule has 0 aliphatic rings. The van der Waals surface area contributed by atoms with E-state index in [-0.39, 0.29) is 24.2 Å². The number of hydrogen-bond donors (Lipinski definition) is 2. The number of benzene rings is 2.